The van der Waals surface area contributed by atoms with Crippen molar-refractivity contribution in [1.29, 1.82) is 0 Å². The second-order valence-corrected chi connectivity index (χ2v) is 8.69. The predicted octanol–water partition coefficient (Wildman–Crippen LogP) is 4.84. The van der Waals surface area contributed by atoms with Gasteiger partial charge in [-0.1, -0.05) is 61.5 Å². The number of hydrogen-bond acceptors (Lipinski definition) is 4. The number of hydrogen-bond donors (Lipinski definition) is 0. The number of fused-ring (bicyclic) bond motifs is 2. The van der Waals surface area contributed by atoms with Gasteiger partial charge in [0.25, 0.3) is 5.91 Å². The molecular formula is C24H23NO3S. The highest BCUT2D eigenvalue weighted by molar-refractivity contribution is 8.00. The quantitative estimate of drug-likeness (QED) is 0.583. The third-order valence-electron chi connectivity index (χ3n) is 5.12. The highest BCUT2D eigenvalue weighted by Crippen LogP contribution is 2.37. The molecule has 29 heavy (non-hydrogen) atoms. The van der Waals surface area contributed by atoms with Crippen molar-refractivity contribution >= 4 is 40.1 Å². The van der Waals surface area contributed by atoms with Crippen LogP contribution in [0.1, 0.15) is 18.9 Å². The molecule has 0 bridgehead atoms. The Morgan fingerprint density at radius 3 is 2.69 bits per heavy atom. The number of thioether (sulfide) groups is 1. The summed E-state index contributed by atoms with van der Waals surface area (Å²) in [7, 11) is 0. The fourth-order valence-corrected chi connectivity index (χ4v) is 4.73. The number of ether oxygens (including phenoxy) is 1. The van der Waals surface area contributed by atoms with Crippen LogP contribution in [0.3, 0.4) is 0 Å². The van der Waals surface area contributed by atoms with Crippen LogP contribution in [0.4, 0.5) is 5.69 Å². The number of carbonyl (C=O) groups excluding carboxylic acids is 2. The zero-order valence-electron chi connectivity index (χ0n) is 16.3. The third kappa shape index (κ3) is 4.46. The van der Waals surface area contributed by atoms with E-state index in [9.17, 15) is 9.59 Å². The van der Waals surface area contributed by atoms with E-state index in [0.29, 0.717) is 11.8 Å². The fraction of sp³-hybridized carbons (Fsp3) is 0.250. The smallest absolute Gasteiger partial charge is 0.310 e. The first kappa shape index (κ1) is 19.5. The number of benzene rings is 3. The molecule has 0 unspecified atom stereocenters. The monoisotopic (exact) mass is 405 g/mol. The molecule has 1 heterocycles. The molecule has 148 valence electrons. The molecule has 1 aliphatic rings. The summed E-state index contributed by atoms with van der Waals surface area (Å²) in [5, 5.41) is 2.55. The van der Waals surface area contributed by atoms with Crippen LogP contribution in [0.15, 0.2) is 71.6 Å². The highest BCUT2D eigenvalue weighted by Gasteiger charge is 2.24. The Balaban J connectivity index is 1.42. The second kappa shape index (κ2) is 8.70. The van der Waals surface area contributed by atoms with Gasteiger partial charge in [0.1, 0.15) is 0 Å². The molecule has 4 rings (SSSR count). The maximum absolute atomic E-state index is 12.8. The molecule has 5 heteroatoms. The summed E-state index contributed by atoms with van der Waals surface area (Å²) in [6.45, 7) is 2.56. The first-order valence-electron chi connectivity index (χ1n) is 9.80. The van der Waals surface area contributed by atoms with Gasteiger partial charge in [-0.3, -0.25) is 9.59 Å². The zero-order chi connectivity index (χ0) is 20.2. The van der Waals surface area contributed by atoms with E-state index in [0.717, 1.165) is 33.3 Å². The van der Waals surface area contributed by atoms with E-state index in [2.05, 4.69) is 6.92 Å². The Hall–Kier alpha value is -2.79. The van der Waals surface area contributed by atoms with E-state index < -0.39 is 0 Å². The summed E-state index contributed by atoms with van der Waals surface area (Å²) in [4.78, 5) is 28.1. The summed E-state index contributed by atoms with van der Waals surface area (Å²) < 4.78 is 5.36. The van der Waals surface area contributed by atoms with Crippen LogP contribution in [-0.2, 0) is 20.7 Å². The van der Waals surface area contributed by atoms with Crippen LogP contribution in [0.5, 0.6) is 0 Å². The Bertz CT molecular complexity index is 1040. The molecule has 1 atom stereocenters. The van der Waals surface area contributed by atoms with Crippen LogP contribution in [0, 0.1) is 0 Å². The Labute approximate surface area is 174 Å². The third-order valence-corrected chi connectivity index (χ3v) is 6.35. The minimum Gasteiger partial charge on any atom is -0.455 e. The second-order valence-electron chi connectivity index (χ2n) is 7.21. The van der Waals surface area contributed by atoms with Gasteiger partial charge < -0.3 is 9.64 Å². The van der Waals surface area contributed by atoms with Gasteiger partial charge in [0, 0.05) is 16.7 Å². The van der Waals surface area contributed by atoms with Crippen molar-refractivity contribution in [2.24, 2.45) is 0 Å². The van der Waals surface area contributed by atoms with E-state index in [1.165, 1.54) is 0 Å². The van der Waals surface area contributed by atoms with Gasteiger partial charge in [0.05, 0.1) is 12.1 Å². The van der Waals surface area contributed by atoms with Crippen molar-refractivity contribution in [1.82, 2.24) is 0 Å². The lowest BCUT2D eigenvalue weighted by molar-refractivity contribution is -0.147. The number of nitrogens with zero attached hydrogens (tertiary/aromatic N) is 1. The lowest BCUT2D eigenvalue weighted by atomic mass is 10.0. The molecule has 0 saturated carbocycles. The van der Waals surface area contributed by atoms with Crippen molar-refractivity contribution < 1.29 is 14.3 Å². The van der Waals surface area contributed by atoms with Gasteiger partial charge >= 0.3 is 5.97 Å². The summed E-state index contributed by atoms with van der Waals surface area (Å²) in [5.41, 5.74) is 1.81. The molecular weight excluding hydrogens is 382 g/mol. The number of carbonyl (C=O) groups is 2. The maximum atomic E-state index is 12.8. The summed E-state index contributed by atoms with van der Waals surface area (Å²) in [6.07, 6.45) is 1.05. The van der Waals surface area contributed by atoms with Crippen LogP contribution in [0.25, 0.3) is 10.8 Å². The van der Waals surface area contributed by atoms with Crippen LogP contribution in [-0.4, -0.2) is 30.3 Å². The molecule has 0 fully saturated rings. The highest BCUT2D eigenvalue weighted by atomic mass is 32.2. The van der Waals surface area contributed by atoms with E-state index in [1.807, 2.05) is 66.7 Å². The predicted molar refractivity (Wildman–Crippen MR) is 117 cm³/mol. The minimum atomic E-state index is -0.388. The van der Waals surface area contributed by atoms with Gasteiger partial charge in [0.15, 0.2) is 6.61 Å². The van der Waals surface area contributed by atoms with Crippen LogP contribution < -0.4 is 4.90 Å². The lowest BCUT2D eigenvalue weighted by Crippen LogP contribution is -2.36. The molecule has 0 aliphatic carbocycles. The summed E-state index contributed by atoms with van der Waals surface area (Å²) in [6, 6.07) is 21.7. The summed E-state index contributed by atoms with van der Waals surface area (Å²) >= 11 is 1.78. The van der Waals surface area contributed by atoms with Crippen molar-refractivity contribution in [3.05, 3.63) is 72.3 Å². The van der Waals surface area contributed by atoms with Crippen molar-refractivity contribution in [2.45, 2.75) is 29.9 Å². The number of rotatable bonds is 4. The van der Waals surface area contributed by atoms with E-state index in [1.54, 1.807) is 16.7 Å². The van der Waals surface area contributed by atoms with Crippen molar-refractivity contribution in [2.75, 3.05) is 18.1 Å². The average molecular weight is 406 g/mol. The largest absolute Gasteiger partial charge is 0.455 e. The molecule has 0 spiro atoms. The van der Waals surface area contributed by atoms with Gasteiger partial charge in [-0.15, -0.1) is 11.8 Å². The van der Waals surface area contributed by atoms with Gasteiger partial charge in [-0.2, -0.15) is 0 Å². The fourth-order valence-electron chi connectivity index (χ4n) is 3.62. The van der Waals surface area contributed by atoms with E-state index in [-0.39, 0.29) is 24.9 Å². The maximum Gasteiger partial charge on any atom is 0.310 e. The standard InChI is InChI=1S/C24H23NO3S/c1-17-13-14-25(21-11-4-5-12-22(21)29-17)23(26)16-28-24(27)15-19-9-6-8-18-7-2-3-10-20(18)19/h2-12,17H,13-16H2,1H3/t17-/m0/s1. The van der Waals surface area contributed by atoms with Gasteiger partial charge in [0.2, 0.25) is 0 Å². The van der Waals surface area contributed by atoms with Gasteiger partial charge in [-0.05, 0) is 34.9 Å². The molecule has 0 radical (unpaired) electrons. The topological polar surface area (TPSA) is 46.6 Å². The Morgan fingerprint density at radius 1 is 1.03 bits per heavy atom. The Morgan fingerprint density at radius 2 is 1.79 bits per heavy atom. The lowest BCUT2D eigenvalue weighted by Gasteiger charge is -2.22. The first-order chi connectivity index (χ1) is 14.1. The number of esters is 1. The van der Waals surface area contributed by atoms with Gasteiger partial charge in [-0.25, -0.2) is 0 Å². The zero-order valence-corrected chi connectivity index (χ0v) is 17.2. The number of amides is 1. The average Bonchev–Trinajstić information content (AvgIpc) is 2.90. The van der Waals surface area contributed by atoms with Crippen LogP contribution in [0.2, 0.25) is 0 Å². The minimum absolute atomic E-state index is 0.151. The van der Waals surface area contributed by atoms with Crippen molar-refractivity contribution in [3.8, 4) is 0 Å². The van der Waals surface area contributed by atoms with E-state index >= 15 is 0 Å². The molecule has 3 aromatic rings. The van der Waals surface area contributed by atoms with Crippen LogP contribution >= 0.6 is 11.8 Å². The number of para-hydroxylation sites is 1. The SMILES string of the molecule is C[C@H]1CCN(C(=O)COC(=O)Cc2cccc3ccccc23)c2ccccc2S1. The summed E-state index contributed by atoms with van der Waals surface area (Å²) in [5.74, 6) is -0.570. The molecule has 0 aromatic heterocycles. The molecule has 1 amide bonds. The molecule has 0 saturated heterocycles. The molecule has 1 aliphatic heterocycles. The van der Waals surface area contributed by atoms with E-state index in [4.69, 9.17) is 4.74 Å². The molecule has 0 N–H and O–H groups in total. The Kier molecular flexibility index (Phi) is 5.86. The molecule has 4 nitrogen and oxygen atoms in total. The first-order valence-corrected chi connectivity index (χ1v) is 10.7. The molecule has 3 aromatic carbocycles. The normalized spacial score (nSPS) is 16.2. The number of anilines is 1. The van der Waals surface area contributed by atoms with Crippen molar-refractivity contribution in [3.63, 3.8) is 0 Å².